The van der Waals surface area contributed by atoms with Crippen molar-refractivity contribution >= 4 is 41.3 Å². The number of nitrogens with one attached hydrogen (secondary N) is 2. The average Bonchev–Trinajstić information content (AvgIpc) is 2.81. The summed E-state index contributed by atoms with van der Waals surface area (Å²) in [4.78, 5) is 36.2. The minimum absolute atomic E-state index is 0.290. The number of hydrogen-bond acceptors (Lipinski definition) is 6. The second-order valence-electron chi connectivity index (χ2n) is 6.58. The van der Waals surface area contributed by atoms with Crippen molar-refractivity contribution < 1.29 is 23.9 Å². The van der Waals surface area contributed by atoms with Crippen molar-refractivity contribution in [3.63, 3.8) is 0 Å². The Labute approximate surface area is 195 Å². The molecule has 9 heteroatoms. The molecular formula is C24H20ClN3O5. The van der Waals surface area contributed by atoms with Crippen molar-refractivity contribution in [2.75, 3.05) is 11.9 Å². The number of carbonyl (C=O) groups is 3. The van der Waals surface area contributed by atoms with E-state index in [1.165, 1.54) is 6.21 Å². The molecule has 0 bridgehead atoms. The number of benzene rings is 3. The molecule has 0 unspecified atom stereocenters. The van der Waals surface area contributed by atoms with Gasteiger partial charge in [-0.05, 0) is 73.2 Å². The number of hydrazone groups is 1. The van der Waals surface area contributed by atoms with E-state index in [1.807, 2.05) is 6.92 Å². The Balaban J connectivity index is 1.53. The van der Waals surface area contributed by atoms with Gasteiger partial charge in [0, 0.05) is 10.7 Å². The molecule has 2 amide bonds. The first-order valence-corrected chi connectivity index (χ1v) is 10.3. The van der Waals surface area contributed by atoms with E-state index in [0.29, 0.717) is 39.9 Å². The number of carbonyl (C=O) groups excluding carboxylic acids is 3. The van der Waals surface area contributed by atoms with Crippen molar-refractivity contribution in [1.82, 2.24) is 5.43 Å². The molecule has 0 aliphatic rings. The van der Waals surface area contributed by atoms with Gasteiger partial charge in [0.05, 0.1) is 18.4 Å². The molecule has 0 saturated carbocycles. The quantitative estimate of drug-likeness (QED) is 0.180. The molecule has 2 N–H and O–H groups in total. The molecule has 0 heterocycles. The first kappa shape index (κ1) is 23.5. The van der Waals surface area contributed by atoms with Gasteiger partial charge in [0.25, 0.3) is 0 Å². The molecule has 3 aromatic rings. The Kier molecular flexibility index (Phi) is 8.15. The Bertz CT molecular complexity index is 1160. The van der Waals surface area contributed by atoms with E-state index < -0.39 is 17.8 Å². The fraction of sp³-hybridized carbons (Fsp3) is 0.0833. The molecule has 0 aliphatic carbocycles. The highest BCUT2D eigenvalue weighted by Gasteiger charge is 2.13. The van der Waals surface area contributed by atoms with Gasteiger partial charge in [0.2, 0.25) is 0 Å². The van der Waals surface area contributed by atoms with E-state index >= 15 is 0 Å². The van der Waals surface area contributed by atoms with Gasteiger partial charge in [-0.25, -0.2) is 10.2 Å². The van der Waals surface area contributed by atoms with Crippen LogP contribution in [0.1, 0.15) is 22.8 Å². The van der Waals surface area contributed by atoms with Gasteiger partial charge in [-0.3, -0.25) is 9.59 Å². The maximum atomic E-state index is 12.2. The summed E-state index contributed by atoms with van der Waals surface area (Å²) in [6, 6.07) is 19.4. The first-order chi connectivity index (χ1) is 15.9. The van der Waals surface area contributed by atoms with E-state index in [2.05, 4.69) is 15.8 Å². The van der Waals surface area contributed by atoms with Crippen LogP contribution in [0.25, 0.3) is 0 Å². The molecule has 3 rings (SSSR count). The lowest BCUT2D eigenvalue weighted by Crippen LogP contribution is -2.32. The average molecular weight is 466 g/mol. The SMILES string of the molecule is CCOc1ccc(NC(=O)C(=O)NN=Cc2cccc(OC(=O)c3ccc(Cl)cc3)c2)cc1. The third kappa shape index (κ3) is 7.19. The molecule has 0 fully saturated rings. The summed E-state index contributed by atoms with van der Waals surface area (Å²) < 4.78 is 10.7. The number of anilines is 1. The van der Waals surface area contributed by atoms with E-state index in [9.17, 15) is 14.4 Å². The highest BCUT2D eigenvalue weighted by atomic mass is 35.5. The molecule has 168 valence electrons. The van der Waals surface area contributed by atoms with Crippen molar-refractivity contribution in [3.8, 4) is 11.5 Å². The zero-order valence-electron chi connectivity index (χ0n) is 17.6. The van der Waals surface area contributed by atoms with Crippen LogP contribution < -0.4 is 20.2 Å². The molecular weight excluding hydrogens is 446 g/mol. The highest BCUT2D eigenvalue weighted by molar-refractivity contribution is 6.39. The zero-order chi connectivity index (χ0) is 23.6. The normalized spacial score (nSPS) is 10.5. The summed E-state index contributed by atoms with van der Waals surface area (Å²) in [7, 11) is 0. The van der Waals surface area contributed by atoms with Gasteiger partial charge in [-0.15, -0.1) is 0 Å². The maximum Gasteiger partial charge on any atom is 0.343 e. The monoisotopic (exact) mass is 465 g/mol. The van der Waals surface area contributed by atoms with E-state index in [-0.39, 0.29) is 0 Å². The van der Waals surface area contributed by atoms with Gasteiger partial charge in [-0.1, -0.05) is 23.7 Å². The van der Waals surface area contributed by atoms with E-state index in [0.717, 1.165) is 0 Å². The summed E-state index contributed by atoms with van der Waals surface area (Å²) in [5.41, 5.74) is 3.49. The van der Waals surface area contributed by atoms with Gasteiger partial charge in [-0.2, -0.15) is 5.10 Å². The lowest BCUT2D eigenvalue weighted by atomic mass is 10.2. The fourth-order valence-electron chi connectivity index (χ4n) is 2.62. The molecule has 0 atom stereocenters. The molecule has 33 heavy (non-hydrogen) atoms. The number of esters is 1. The minimum Gasteiger partial charge on any atom is -0.494 e. The predicted octanol–water partition coefficient (Wildman–Crippen LogP) is 4.05. The molecule has 0 aromatic heterocycles. The van der Waals surface area contributed by atoms with Crippen molar-refractivity contribution in [2.24, 2.45) is 5.10 Å². The topological polar surface area (TPSA) is 106 Å². The van der Waals surface area contributed by atoms with Gasteiger partial charge in [0.15, 0.2) is 0 Å². The summed E-state index contributed by atoms with van der Waals surface area (Å²) in [5.74, 6) is -1.41. The van der Waals surface area contributed by atoms with Gasteiger partial charge >= 0.3 is 17.8 Å². The summed E-state index contributed by atoms with van der Waals surface area (Å²) >= 11 is 5.82. The number of rotatable bonds is 7. The summed E-state index contributed by atoms with van der Waals surface area (Å²) in [6.07, 6.45) is 1.32. The standard InChI is InChI=1S/C24H20ClN3O5/c1-2-32-20-12-10-19(11-13-20)27-22(29)23(30)28-26-15-16-4-3-5-21(14-16)33-24(31)17-6-8-18(25)9-7-17/h3-15H,2H2,1H3,(H,27,29)(H,28,30). The molecule has 0 radical (unpaired) electrons. The van der Waals surface area contributed by atoms with Crippen LogP contribution in [0.4, 0.5) is 5.69 Å². The maximum absolute atomic E-state index is 12.2. The number of hydrogen-bond donors (Lipinski definition) is 2. The van der Waals surface area contributed by atoms with Crippen molar-refractivity contribution in [3.05, 3.63) is 88.9 Å². The third-order valence-electron chi connectivity index (χ3n) is 4.16. The Morgan fingerprint density at radius 2 is 1.67 bits per heavy atom. The molecule has 8 nitrogen and oxygen atoms in total. The van der Waals surface area contributed by atoms with Gasteiger partial charge < -0.3 is 14.8 Å². The van der Waals surface area contributed by atoms with Crippen LogP contribution in [0.3, 0.4) is 0 Å². The lowest BCUT2D eigenvalue weighted by Gasteiger charge is -2.06. The van der Waals surface area contributed by atoms with Crippen molar-refractivity contribution in [1.29, 1.82) is 0 Å². The fourth-order valence-corrected chi connectivity index (χ4v) is 2.74. The van der Waals surface area contributed by atoms with Crippen LogP contribution in [0.15, 0.2) is 77.9 Å². The molecule has 0 aliphatic heterocycles. The highest BCUT2D eigenvalue weighted by Crippen LogP contribution is 2.17. The van der Waals surface area contributed by atoms with Crippen LogP contribution in [-0.4, -0.2) is 30.6 Å². The molecule has 0 spiro atoms. The van der Waals surface area contributed by atoms with Crippen LogP contribution in [0, 0.1) is 0 Å². The van der Waals surface area contributed by atoms with E-state index in [4.69, 9.17) is 21.1 Å². The summed E-state index contributed by atoms with van der Waals surface area (Å²) in [5, 5.41) is 6.75. The third-order valence-corrected chi connectivity index (χ3v) is 4.41. The Morgan fingerprint density at radius 1 is 0.939 bits per heavy atom. The first-order valence-electron chi connectivity index (χ1n) is 9.89. The number of ether oxygens (including phenoxy) is 2. The minimum atomic E-state index is -0.939. The second-order valence-corrected chi connectivity index (χ2v) is 7.02. The number of nitrogens with zero attached hydrogens (tertiary/aromatic N) is 1. The number of amides is 2. The van der Waals surface area contributed by atoms with Crippen LogP contribution in [-0.2, 0) is 9.59 Å². The largest absolute Gasteiger partial charge is 0.494 e. The second kappa shape index (κ2) is 11.4. The molecule has 3 aromatic carbocycles. The smallest absolute Gasteiger partial charge is 0.343 e. The summed E-state index contributed by atoms with van der Waals surface area (Å²) in [6.45, 7) is 2.39. The van der Waals surface area contributed by atoms with Crippen molar-refractivity contribution in [2.45, 2.75) is 6.92 Å². The zero-order valence-corrected chi connectivity index (χ0v) is 18.3. The lowest BCUT2D eigenvalue weighted by molar-refractivity contribution is -0.136. The van der Waals surface area contributed by atoms with E-state index in [1.54, 1.807) is 72.8 Å². The Hall–Kier alpha value is -4.17. The predicted molar refractivity (Wildman–Crippen MR) is 125 cm³/mol. The number of halogens is 1. The van der Waals surface area contributed by atoms with Crippen LogP contribution in [0.2, 0.25) is 5.02 Å². The molecule has 0 saturated heterocycles. The van der Waals surface area contributed by atoms with Crippen LogP contribution in [0.5, 0.6) is 11.5 Å². The van der Waals surface area contributed by atoms with Gasteiger partial charge in [0.1, 0.15) is 11.5 Å². The van der Waals surface area contributed by atoms with Crippen LogP contribution >= 0.6 is 11.6 Å². The Morgan fingerprint density at radius 3 is 2.36 bits per heavy atom.